The number of likely N-dealkylation sites (tertiary alicyclic amines) is 1. The molecule has 2 nitrogen and oxygen atoms in total. The van der Waals surface area contributed by atoms with Gasteiger partial charge >= 0.3 is 0 Å². The first-order valence-corrected chi connectivity index (χ1v) is 13.4. The van der Waals surface area contributed by atoms with Crippen molar-refractivity contribution in [1.29, 1.82) is 0 Å². The van der Waals surface area contributed by atoms with Crippen molar-refractivity contribution in [3.05, 3.63) is 48.0 Å². The molecule has 1 aromatic rings. The highest BCUT2D eigenvalue weighted by molar-refractivity contribution is 5.14. The van der Waals surface area contributed by atoms with Crippen molar-refractivity contribution >= 4 is 0 Å². The topological polar surface area (TPSA) is 12.5 Å². The van der Waals surface area contributed by atoms with Crippen LogP contribution in [0.15, 0.2) is 42.5 Å². The maximum atomic E-state index is 6.14. The van der Waals surface area contributed by atoms with Gasteiger partial charge in [-0.1, -0.05) is 107 Å². The first-order valence-electron chi connectivity index (χ1n) is 13.4. The monoisotopic (exact) mass is 427 g/mol. The predicted octanol–water partition coefficient (Wildman–Crippen LogP) is 8.32. The van der Waals surface area contributed by atoms with Crippen molar-refractivity contribution in [2.75, 3.05) is 19.7 Å². The van der Waals surface area contributed by atoms with Crippen molar-refractivity contribution < 1.29 is 4.74 Å². The highest BCUT2D eigenvalue weighted by atomic mass is 16.5. The van der Waals surface area contributed by atoms with E-state index >= 15 is 0 Å². The molecule has 0 radical (unpaired) electrons. The molecule has 2 rings (SSSR count). The minimum absolute atomic E-state index is 0.451. The van der Waals surface area contributed by atoms with Gasteiger partial charge in [-0.05, 0) is 44.1 Å². The SMILES string of the molecule is CCCCCCCC/C=C\CCCCCCCCO[C@H]1CCN(Cc2ccccc2)C1. The molecular formula is C29H49NO. The average molecular weight is 428 g/mol. The standard InChI is InChI=1S/C29H49NO/c1-2-3-4-5-6-7-8-9-10-11-12-13-14-15-16-20-25-31-29-23-24-30(27-29)26-28-21-18-17-19-22-28/h9-10,17-19,21-22,29H,2-8,11-16,20,23-27H2,1H3/b10-9-/t29-/m0/s1. The predicted molar refractivity (Wildman–Crippen MR) is 136 cm³/mol. The Hall–Kier alpha value is -1.12. The maximum absolute atomic E-state index is 6.14. The number of benzene rings is 1. The van der Waals surface area contributed by atoms with Gasteiger partial charge in [0.05, 0.1) is 6.10 Å². The fourth-order valence-corrected chi connectivity index (χ4v) is 4.52. The lowest BCUT2D eigenvalue weighted by Gasteiger charge is -2.16. The fraction of sp³-hybridized carbons (Fsp3) is 0.724. The lowest BCUT2D eigenvalue weighted by molar-refractivity contribution is 0.0558. The first kappa shape index (κ1) is 26.1. The first-order chi connectivity index (χ1) is 15.4. The van der Waals surface area contributed by atoms with E-state index in [1.165, 1.54) is 108 Å². The molecular weight excluding hydrogens is 378 g/mol. The molecule has 1 fully saturated rings. The average Bonchev–Trinajstić information content (AvgIpc) is 3.23. The van der Waals surface area contributed by atoms with E-state index in [-0.39, 0.29) is 0 Å². The number of hydrogen-bond acceptors (Lipinski definition) is 2. The van der Waals surface area contributed by atoms with E-state index < -0.39 is 0 Å². The number of rotatable bonds is 19. The molecule has 2 heteroatoms. The highest BCUT2D eigenvalue weighted by Crippen LogP contribution is 2.17. The van der Waals surface area contributed by atoms with Gasteiger partial charge in [-0.2, -0.15) is 0 Å². The van der Waals surface area contributed by atoms with Crippen LogP contribution in [0.25, 0.3) is 0 Å². The van der Waals surface area contributed by atoms with Crippen LogP contribution >= 0.6 is 0 Å². The molecule has 0 N–H and O–H groups in total. The summed E-state index contributed by atoms with van der Waals surface area (Å²) in [6.45, 7) is 6.57. The van der Waals surface area contributed by atoms with Crippen LogP contribution < -0.4 is 0 Å². The summed E-state index contributed by atoms with van der Waals surface area (Å²) in [6, 6.07) is 10.8. The Balaban J connectivity index is 1.31. The van der Waals surface area contributed by atoms with E-state index in [0.29, 0.717) is 6.10 Å². The summed E-state index contributed by atoms with van der Waals surface area (Å²) < 4.78 is 6.14. The molecule has 1 aliphatic rings. The molecule has 0 aliphatic carbocycles. The van der Waals surface area contributed by atoms with E-state index in [2.05, 4.69) is 54.3 Å². The van der Waals surface area contributed by atoms with Crippen molar-refractivity contribution in [3.8, 4) is 0 Å². The smallest absolute Gasteiger partial charge is 0.0714 e. The second-order valence-electron chi connectivity index (χ2n) is 9.44. The summed E-state index contributed by atoms with van der Waals surface area (Å²) in [7, 11) is 0. The van der Waals surface area contributed by atoms with Crippen LogP contribution in [0.1, 0.15) is 109 Å². The van der Waals surface area contributed by atoms with Gasteiger partial charge in [0.25, 0.3) is 0 Å². The number of hydrogen-bond donors (Lipinski definition) is 0. The number of unbranched alkanes of at least 4 members (excludes halogenated alkanes) is 12. The molecule has 0 saturated carbocycles. The Kier molecular flexibility index (Phi) is 15.6. The van der Waals surface area contributed by atoms with Crippen LogP contribution in [0.3, 0.4) is 0 Å². The zero-order valence-electron chi connectivity index (χ0n) is 20.4. The third-order valence-electron chi connectivity index (χ3n) is 6.49. The van der Waals surface area contributed by atoms with Gasteiger partial charge in [0, 0.05) is 26.2 Å². The Morgan fingerprint density at radius 3 is 2.10 bits per heavy atom. The Labute approximate surface area is 193 Å². The lowest BCUT2D eigenvalue weighted by Crippen LogP contribution is -2.23. The molecule has 31 heavy (non-hydrogen) atoms. The molecule has 0 unspecified atom stereocenters. The van der Waals surface area contributed by atoms with E-state index in [4.69, 9.17) is 4.74 Å². The van der Waals surface area contributed by atoms with E-state index in [1.54, 1.807) is 0 Å². The third-order valence-corrected chi connectivity index (χ3v) is 6.49. The Morgan fingerprint density at radius 2 is 1.42 bits per heavy atom. The summed E-state index contributed by atoms with van der Waals surface area (Å²) in [5, 5.41) is 0. The van der Waals surface area contributed by atoms with Crippen molar-refractivity contribution in [2.45, 2.75) is 116 Å². The number of allylic oxidation sites excluding steroid dienone is 2. The minimum Gasteiger partial charge on any atom is -0.377 e. The molecule has 1 saturated heterocycles. The van der Waals surface area contributed by atoms with Crippen molar-refractivity contribution in [2.24, 2.45) is 0 Å². The summed E-state index contributed by atoms with van der Waals surface area (Å²) >= 11 is 0. The Bertz CT molecular complexity index is 541. The minimum atomic E-state index is 0.451. The van der Waals surface area contributed by atoms with Crippen molar-refractivity contribution in [3.63, 3.8) is 0 Å². The van der Waals surface area contributed by atoms with Gasteiger partial charge in [-0.15, -0.1) is 0 Å². The largest absolute Gasteiger partial charge is 0.377 e. The van der Waals surface area contributed by atoms with Gasteiger partial charge in [0.1, 0.15) is 0 Å². The fourth-order valence-electron chi connectivity index (χ4n) is 4.52. The van der Waals surface area contributed by atoms with Gasteiger partial charge in [-0.25, -0.2) is 0 Å². The molecule has 1 atom stereocenters. The van der Waals surface area contributed by atoms with Crippen LogP contribution in [-0.4, -0.2) is 30.7 Å². The lowest BCUT2D eigenvalue weighted by atomic mass is 10.1. The molecule has 0 spiro atoms. The van der Waals surface area contributed by atoms with Gasteiger partial charge in [0.2, 0.25) is 0 Å². The van der Waals surface area contributed by atoms with Crippen LogP contribution in [0.5, 0.6) is 0 Å². The van der Waals surface area contributed by atoms with Gasteiger partial charge in [0.15, 0.2) is 0 Å². The summed E-state index contributed by atoms with van der Waals surface area (Å²) in [6.07, 6.45) is 25.5. The van der Waals surface area contributed by atoms with E-state index in [9.17, 15) is 0 Å². The molecule has 0 bridgehead atoms. The molecule has 0 aromatic heterocycles. The maximum Gasteiger partial charge on any atom is 0.0714 e. The number of ether oxygens (including phenoxy) is 1. The Morgan fingerprint density at radius 1 is 0.806 bits per heavy atom. The number of nitrogens with zero attached hydrogens (tertiary/aromatic N) is 1. The third kappa shape index (κ3) is 13.8. The molecule has 0 amide bonds. The molecule has 176 valence electrons. The quantitative estimate of drug-likeness (QED) is 0.162. The molecule has 1 aromatic carbocycles. The van der Waals surface area contributed by atoms with Crippen LogP contribution in [0, 0.1) is 0 Å². The highest BCUT2D eigenvalue weighted by Gasteiger charge is 2.22. The van der Waals surface area contributed by atoms with E-state index in [0.717, 1.165) is 19.7 Å². The van der Waals surface area contributed by atoms with E-state index in [1.807, 2.05) is 0 Å². The zero-order chi connectivity index (χ0) is 21.8. The summed E-state index contributed by atoms with van der Waals surface area (Å²) in [5.74, 6) is 0. The molecule has 1 heterocycles. The normalized spacial score (nSPS) is 17.1. The van der Waals surface area contributed by atoms with Gasteiger partial charge < -0.3 is 4.74 Å². The van der Waals surface area contributed by atoms with Crippen LogP contribution in [0.4, 0.5) is 0 Å². The van der Waals surface area contributed by atoms with Crippen LogP contribution in [-0.2, 0) is 11.3 Å². The second-order valence-corrected chi connectivity index (χ2v) is 9.44. The van der Waals surface area contributed by atoms with Crippen LogP contribution in [0.2, 0.25) is 0 Å². The zero-order valence-corrected chi connectivity index (χ0v) is 20.4. The van der Waals surface area contributed by atoms with Crippen molar-refractivity contribution in [1.82, 2.24) is 4.90 Å². The van der Waals surface area contributed by atoms with Gasteiger partial charge in [-0.3, -0.25) is 4.90 Å². The second kappa shape index (κ2) is 18.5. The summed E-state index contributed by atoms with van der Waals surface area (Å²) in [4.78, 5) is 2.53. The summed E-state index contributed by atoms with van der Waals surface area (Å²) in [5.41, 5.74) is 1.41. The molecule has 1 aliphatic heterocycles.